The first-order chi connectivity index (χ1) is 9.40. The Balaban J connectivity index is 1.94. The second-order valence-corrected chi connectivity index (χ2v) is 6.94. The number of carbonyl (C=O) groups is 2. The third-order valence-corrected chi connectivity index (χ3v) is 4.30. The van der Waals surface area contributed by atoms with E-state index in [0.717, 1.165) is 38.9 Å². The monoisotopic (exact) mass is 282 g/mol. The van der Waals surface area contributed by atoms with Crippen molar-refractivity contribution in [3.63, 3.8) is 0 Å². The van der Waals surface area contributed by atoms with Gasteiger partial charge in [-0.05, 0) is 52.0 Å². The molecule has 2 rings (SSSR count). The van der Waals surface area contributed by atoms with Crippen molar-refractivity contribution in [2.24, 2.45) is 17.8 Å². The first kappa shape index (κ1) is 15.3. The van der Waals surface area contributed by atoms with Gasteiger partial charge in [0.25, 0.3) is 0 Å². The van der Waals surface area contributed by atoms with Gasteiger partial charge in [0, 0.05) is 19.6 Å². The molecule has 0 radical (unpaired) electrons. The van der Waals surface area contributed by atoms with Crippen molar-refractivity contribution in [1.82, 2.24) is 10.2 Å². The Morgan fingerprint density at radius 2 is 1.90 bits per heavy atom. The van der Waals surface area contributed by atoms with Crippen molar-refractivity contribution < 1.29 is 14.3 Å². The van der Waals surface area contributed by atoms with E-state index in [1.165, 1.54) is 0 Å². The molecule has 0 saturated carbocycles. The lowest BCUT2D eigenvalue weighted by molar-refractivity contribution is -0.161. The molecule has 114 valence electrons. The summed E-state index contributed by atoms with van der Waals surface area (Å²) < 4.78 is 5.54. The summed E-state index contributed by atoms with van der Waals surface area (Å²) in [5, 5.41) is 3.33. The first-order valence-electron chi connectivity index (χ1n) is 7.53. The molecule has 1 amide bonds. The fraction of sp³-hybridized carbons (Fsp3) is 0.867. The second-order valence-electron chi connectivity index (χ2n) is 6.94. The molecule has 5 nitrogen and oxygen atoms in total. The van der Waals surface area contributed by atoms with Crippen molar-refractivity contribution in [2.45, 2.75) is 39.2 Å². The lowest BCUT2D eigenvalue weighted by atomic mass is 9.78. The Hall–Kier alpha value is -1.10. The number of amides is 1. The van der Waals surface area contributed by atoms with Crippen LogP contribution in [0, 0.1) is 17.8 Å². The highest BCUT2D eigenvalue weighted by atomic mass is 16.6. The van der Waals surface area contributed by atoms with E-state index in [2.05, 4.69) is 5.32 Å². The lowest BCUT2D eigenvalue weighted by Gasteiger charge is -2.35. The molecule has 0 aromatic rings. The number of carbonyl (C=O) groups excluding carboxylic acids is 2. The van der Waals surface area contributed by atoms with Gasteiger partial charge in [0.2, 0.25) is 6.41 Å². The largest absolute Gasteiger partial charge is 0.460 e. The van der Waals surface area contributed by atoms with E-state index in [-0.39, 0.29) is 11.9 Å². The van der Waals surface area contributed by atoms with Crippen molar-refractivity contribution in [3.8, 4) is 0 Å². The van der Waals surface area contributed by atoms with Gasteiger partial charge >= 0.3 is 5.97 Å². The molecule has 20 heavy (non-hydrogen) atoms. The molecule has 0 spiro atoms. The molecular formula is C15H26N2O3. The van der Waals surface area contributed by atoms with Crippen molar-refractivity contribution in [3.05, 3.63) is 0 Å². The number of likely N-dealkylation sites (tertiary alicyclic amines) is 1. The minimum atomic E-state index is -0.425. The molecule has 2 heterocycles. The second kappa shape index (κ2) is 6.12. The molecule has 1 unspecified atom stereocenters. The first-order valence-corrected chi connectivity index (χ1v) is 7.53. The SMILES string of the molecule is CC(C)(C)OC(=O)[C@H]1CNCC1C1CCN(C=O)CC1. The highest BCUT2D eigenvalue weighted by Crippen LogP contribution is 2.33. The number of esters is 1. The quantitative estimate of drug-likeness (QED) is 0.620. The maximum atomic E-state index is 12.3. The predicted molar refractivity (Wildman–Crippen MR) is 76.1 cm³/mol. The van der Waals surface area contributed by atoms with Crippen LogP contribution in [0.2, 0.25) is 0 Å². The van der Waals surface area contributed by atoms with Crippen LogP contribution in [-0.2, 0) is 14.3 Å². The normalized spacial score (nSPS) is 28.4. The molecule has 0 aromatic carbocycles. The van der Waals surface area contributed by atoms with E-state index in [1.54, 1.807) is 0 Å². The van der Waals surface area contributed by atoms with Gasteiger partial charge in [0.05, 0.1) is 5.92 Å². The maximum absolute atomic E-state index is 12.3. The van der Waals surface area contributed by atoms with Gasteiger partial charge in [0.1, 0.15) is 5.60 Å². The zero-order valence-electron chi connectivity index (χ0n) is 12.7. The van der Waals surface area contributed by atoms with E-state index in [0.29, 0.717) is 18.4 Å². The van der Waals surface area contributed by atoms with Crippen molar-refractivity contribution >= 4 is 12.4 Å². The summed E-state index contributed by atoms with van der Waals surface area (Å²) in [4.78, 5) is 24.9. The molecule has 2 atom stereocenters. The minimum Gasteiger partial charge on any atom is -0.460 e. The number of hydrogen-bond acceptors (Lipinski definition) is 4. The van der Waals surface area contributed by atoms with Crippen molar-refractivity contribution in [1.29, 1.82) is 0 Å². The van der Waals surface area contributed by atoms with Crippen LogP contribution in [0.5, 0.6) is 0 Å². The van der Waals surface area contributed by atoms with E-state index >= 15 is 0 Å². The molecule has 5 heteroatoms. The van der Waals surface area contributed by atoms with Crippen LogP contribution in [0.3, 0.4) is 0 Å². The van der Waals surface area contributed by atoms with Gasteiger partial charge < -0.3 is 15.0 Å². The summed E-state index contributed by atoms with van der Waals surface area (Å²) in [5.74, 6) is 0.740. The Kier molecular flexibility index (Phi) is 4.68. The van der Waals surface area contributed by atoms with Crippen LogP contribution in [0.15, 0.2) is 0 Å². The molecule has 2 aliphatic rings. The van der Waals surface area contributed by atoms with Gasteiger partial charge in [-0.3, -0.25) is 9.59 Å². The number of hydrogen-bond donors (Lipinski definition) is 1. The van der Waals surface area contributed by atoms with Crippen molar-refractivity contribution in [2.75, 3.05) is 26.2 Å². The molecule has 2 fully saturated rings. The lowest BCUT2D eigenvalue weighted by Crippen LogP contribution is -2.39. The van der Waals surface area contributed by atoms with Crippen LogP contribution >= 0.6 is 0 Å². The summed E-state index contributed by atoms with van der Waals surface area (Å²) in [6.45, 7) is 8.95. The number of nitrogens with one attached hydrogen (secondary N) is 1. The van der Waals surface area contributed by atoms with Gasteiger partial charge in [-0.2, -0.15) is 0 Å². The van der Waals surface area contributed by atoms with Crippen LogP contribution < -0.4 is 5.32 Å². The Bertz CT molecular complexity index is 357. The third-order valence-electron chi connectivity index (χ3n) is 4.30. The average molecular weight is 282 g/mol. The molecule has 0 aliphatic carbocycles. The molecule has 0 bridgehead atoms. The average Bonchev–Trinajstić information content (AvgIpc) is 2.86. The Morgan fingerprint density at radius 1 is 1.25 bits per heavy atom. The number of piperidine rings is 1. The summed E-state index contributed by atoms with van der Waals surface area (Å²) in [6.07, 6.45) is 2.91. The predicted octanol–water partition coefficient (Wildman–Crippen LogP) is 1.03. The number of rotatable bonds is 3. The molecular weight excluding hydrogens is 256 g/mol. The van der Waals surface area contributed by atoms with Crippen LogP contribution in [0.1, 0.15) is 33.6 Å². The summed E-state index contributed by atoms with van der Waals surface area (Å²) in [5.41, 5.74) is -0.425. The van der Waals surface area contributed by atoms with Crippen LogP contribution in [0.4, 0.5) is 0 Å². The smallest absolute Gasteiger partial charge is 0.311 e. The Labute approximate surface area is 121 Å². The third kappa shape index (κ3) is 3.72. The highest BCUT2D eigenvalue weighted by molar-refractivity contribution is 5.74. The zero-order chi connectivity index (χ0) is 14.8. The molecule has 2 aliphatic heterocycles. The van der Waals surface area contributed by atoms with Gasteiger partial charge in [-0.1, -0.05) is 0 Å². The summed E-state index contributed by atoms with van der Waals surface area (Å²) >= 11 is 0. The summed E-state index contributed by atoms with van der Waals surface area (Å²) in [7, 11) is 0. The zero-order valence-corrected chi connectivity index (χ0v) is 12.7. The van der Waals surface area contributed by atoms with E-state index in [4.69, 9.17) is 4.74 Å². The van der Waals surface area contributed by atoms with E-state index in [9.17, 15) is 9.59 Å². The molecule has 1 N–H and O–H groups in total. The van der Waals surface area contributed by atoms with Crippen LogP contribution in [-0.4, -0.2) is 49.1 Å². The minimum absolute atomic E-state index is 0.0398. The fourth-order valence-electron chi connectivity index (χ4n) is 3.28. The standard InChI is InChI=1S/C15H26N2O3/c1-15(2,3)20-14(19)13-9-16-8-12(13)11-4-6-17(10-18)7-5-11/h10-13,16H,4-9H2,1-3H3/t12?,13-/m0/s1. The molecule has 2 saturated heterocycles. The number of nitrogens with zero attached hydrogens (tertiary/aromatic N) is 1. The summed E-state index contributed by atoms with van der Waals surface area (Å²) in [6, 6.07) is 0. The van der Waals surface area contributed by atoms with Crippen LogP contribution in [0.25, 0.3) is 0 Å². The van der Waals surface area contributed by atoms with Gasteiger partial charge in [-0.15, -0.1) is 0 Å². The fourth-order valence-corrected chi connectivity index (χ4v) is 3.28. The number of ether oxygens (including phenoxy) is 1. The molecule has 0 aromatic heterocycles. The van der Waals surface area contributed by atoms with Gasteiger partial charge in [0.15, 0.2) is 0 Å². The van der Waals surface area contributed by atoms with E-state index in [1.807, 2.05) is 25.7 Å². The van der Waals surface area contributed by atoms with E-state index < -0.39 is 5.60 Å². The van der Waals surface area contributed by atoms with Gasteiger partial charge in [-0.25, -0.2) is 0 Å². The maximum Gasteiger partial charge on any atom is 0.311 e. The highest BCUT2D eigenvalue weighted by Gasteiger charge is 2.40. The Morgan fingerprint density at radius 3 is 2.45 bits per heavy atom. The topological polar surface area (TPSA) is 58.6 Å².